The van der Waals surface area contributed by atoms with E-state index in [1.54, 1.807) is 0 Å². The van der Waals surface area contributed by atoms with Gasteiger partial charge in [0.1, 0.15) is 0 Å². The van der Waals surface area contributed by atoms with Gasteiger partial charge in [-0.05, 0) is 0 Å². The molecule has 0 saturated carbocycles. The smallest absolute Gasteiger partial charge is 0.327 e. The Bertz CT molecular complexity index is 163. The van der Waals surface area contributed by atoms with Crippen molar-refractivity contribution in [1.82, 2.24) is 0 Å². The van der Waals surface area contributed by atoms with Gasteiger partial charge < -0.3 is 29.4 Å². The summed E-state index contributed by atoms with van der Waals surface area (Å²) in [7, 11) is -16.6. The first kappa shape index (κ1) is 18.1. The Morgan fingerprint density at radius 3 is 0.556 bits per heavy atom. The van der Waals surface area contributed by atoms with Crippen LogP contribution in [0.1, 0.15) is 0 Å². The molecule has 18 heavy (non-hydrogen) atoms. The Morgan fingerprint density at radius 1 is 0.333 bits per heavy atom. The summed E-state index contributed by atoms with van der Waals surface area (Å²) < 4.78 is 25.8. The number of rotatable bonds is 0. The van der Waals surface area contributed by atoms with Crippen LogP contribution >= 0.6 is 51.6 Å². The van der Waals surface area contributed by atoms with Crippen LogP contribution in [-0.4, -0.2) is 29.4 Å². The SMILES string of the molecule is OP1OP(O)OP(O)OP(O)OP(O)OP(O)O1. The predicted molar refractivity (Wildman–Crippen MR) is 61.3 cm³/mol. The van der Waals surface area contributed by atoms with Gasteiger partial charge in [0.25, 0.3) is 0 Å². The van der Waals surface area contributed by atoms with Gasteiger partial charge in [-0.3, -0.25) is 0 Å². The second-order valence-electron chi connectivity index (χ2n) is 1.92. The van der Waals surface area contributed by atoms with Crippen LogP contribution in [0.3, 0.4) is 0 Å². The zero-order chi connectivity index (χ0) is 13.7. The van der Waals surface area contributed by atoms with Crippen molar-refractivity contribution in [3.63, 3.8) is 0 Å². The summed E-state index contributed by atoms with van der Waals surface area (Å²) in [6.07, 6.45) is 0. The van der Waals surface area contributed by atoms with E-state index in [1.807, 2.05) is 0 Å². The van der Waals surface area contributed by atoms with Gasteiger partial charge in [-0.15, -0.1) is 0 Å². The summed E-state index contributed by atoms with van der Waals surface area (Å²) in [5, 5.41) is 0. The first-order valence-electron chi connectivity index (χ1n) is 3.39. The lowest BCUT2D eigenvalue weighted by Gasteiger charge is -2.21. The van der Waals surface area contributed by atoms with Crippen LogP contribution in [0, 0.1) is 0 Å². The van der Waals surface area contributed by atoms with Crippen LogP contribution in [0.25, 0.3) is 0 Å². The number of hydrogen-bond acceptors (Lipinski definition) is 12. The Hall–Kier alpha value is 2.10. The standard InChI is InChI=1S/H6O12P6/c1-13-7-14(2)9-16(4)11-18(6)12-17(5)10-15(3)8-13/h1-6H. The van der Waals surface area contributed by atoms with Gasteiger partial charge in [0.2, 0.25) is 0 Å². The molecule has 1 aliphatic heterocycles. The van der Waals surface area contributed by atoms with Crippen molar-refractivity contribution in [3.8, 4) is 0 Å². The fourth-order valence-corrected chi connectivity index (χ4v) is 5.64. The molecule has 1 aliphatic rings. The zero-order valence-electron chi connectivity index (χ0n) is 7.82. The highest BCUT2D eigenvalue weighted by Gasteiger charge is 2.31. The van der Waals surface area contributed by atoms with Crippen LogP contribution in [-0.2, 0) is 25.9 Å². The van der Waals surface area contributed by atoms with Crippen LogP contribution in [0.5, 0.6) is 0 Å². The number of hydrogen-bond donors (Lipinski definition) is 6. The highest BCUT2D eigenvalue weighted by atomic mass is 31.3. The van der Waals surface area contributed by atoms with E-state index in [9.17, 15) is 0 Å². The van der Waals surface area contributed by atoms with Gasteiger partial charge in [-0.25, -0.2) is 25.9 Å². The van der Waals surface area contributed by atoms with E-state index in [2.05, 4.69) is 25.9 Å². The molecule has 0 amide bonds. The summed E-state index contributed by atoms with van der Waals surface area (Å²) >= 11 is 0. The van der Waals surface area contributed by atoms with Gasteiger partial charge in [0.15, 0.2) is 0 Å². The molecular weight excluding hydrogens is 378 g/mol. The molecule has 0 aromatic carbocycles. The Labute approximate surface area is 107 Å². The highest BCUT2D eigenvalue weighted by molar-refractivity contribution is 7.68. The van der Waals surface area contributed by atoms with Gasteiger partial charge in [0, 0.05) is 0 Å². The Morgan fingerprint density at radius 2 is 0.444 bits per heavy atom. The molecule has 0 aromatic rings. The van der Waals surface area contributed by atoms with E-state index in [1.165, 1.54) is 0 Å². The maximum Gasteiger partial charge on any atom is 0.344 e. The molecule has 1 heterocycles. The maximum absolute atomic E-state index is 9.06. The topological polar surface area (TPSA) is 177 Å². The van der Waals surface area contributed by atoms with E-state index in [0.29, 0.717) is 0 Å². The normalized spacial score (nSPS) is 45.0. The Kier molecular flexibility index (Phi) is 9.26. The van der Waals surface area contributed by atoms with Crippen molar-refractivity contribution in [2.45, 2.75) is 0 Å². The largest absolute Gasteiger partial charge is 0.344 e. The highest BCUT2D eigenvalue weighted by Crippen LogP contribution is 2.68. The van der Waals surface area contributed by atoms with E-state index in [4.69, 9.17) is 29.4 Å². The van der Waals surface area contributed by atoms with Gasteiger partial charge >= 0.3 is 51.6 Å². The monoisotopic (exact) mass is 384 g/mol. The molecule has 1 saturated heterocycles. The van der Waals surface area contributed by atoms with Gasteiger partial charge in [-0.2, -0.15) is 0 Å². The first-order chi connectivity index (χ1) is 8.36. The van der Waals surface area contributed by atoms with Crippen molar-refractivity contribution < 1.29 is 55.2 Å². The predicted octanol–water partition coefficient (Wildman–Crippen LogP) is 1.41. The summed E-state index contributed by atoms with van der Waals surface area (Å²) in [6, 6.07) is 0. The van der Waals surface area contributed by atoms with E-state index >= 15 is 0 Å². The molecule has 0 aromatic heterocycles. The lowest BCUT2D eigenvalue weighted by atomic mass is 15.7. The average Bonchev–Trinajstić information content (AvgIpc) is 2.12. The maximum atomic E-state index is 9.06. The molecule has 0 bridgehead atoms. The quantitative estimate of drug-likeness (QED) is 0.332. The van der Waals surface area contributed by atoms with Crippen molar-refractivity contribution in [2.75, 3.05) is 0 Å². The van der Waals surface area contributed by atoms with Crippen molar-refractivity contribution in [3.05, 3.63) is 0 Å². The summed E-state index contributed by atoms with van der Waals surface area (Å²) in [5.74, 6) is 0. The second kappa shape index (κ2) is 9.19. The third-order valence-electron chi connectivity index (χ3n) is 0.838. The van der Waals surface area contributed by atoms with Crippen molar-refractivity contribution in [1.29, 1.82) is 0 Å². The summed E-state index contributed by atoms with van der Waals surface area (Å²) in [6.45, 7) is 0. The molecule has 0 atom stereocenters. The van der Waals surface area contributed by atoms with Gasteiger partial charge in [-0.1, -0.05) is 0 Å². The minimum Gasteiger partial charge on any atom is -0.327 e. The van der Waals surface area contributed by atoms with E-state index in [-0.39, 0.29) is 0 Å². The molecule has 12 nitrogen and oxygen atoms in total. The zero-order valence-corrected chi connectivity index (χ0v) is 13.2. The van der Waals surface area contributed by atoms with Gasteiger partial charge in [0.05, 0.1) is 0 Å². The molecule has 18 heteroatoms. The summed E-state index contributed by atoms with van der Waals surface area (Å²) in [4.78, 5) is 54.3. The third-order valence-corrected chi connectivity index (χ3v) is 7.54. The van der Waals surface area contributed by atoms with Crippen LogP contribution in [0.15, 0.2) is 0 Å². The molecule has 0 unspecified atom stereocenters. The molecule has 0 spiro atoms. The Balaban J connectivity index is 2.60. The molecule has 6 N–H and O–H groups in total. The fraction of sp³-hybridized carbons (Fsp3) is 0. The fourth-order valence-electron chi connectivity index (χ4n) is 0.448. The molecule has 0 radical (unpaired) electrons. The van der Waals surface area contributed by atoms with Crippen LogP contribution in [0.4, 0.5) is 0 Å². The lowest BCUT2D eigenvalue weighted by molar-refractivity contribution is 0.270. The molecular formula is H6O12P6. The first-order valence-corrected chi connectivity index (χ1v) is 10.2. The van der Waals surface area contributed by atoms with Crippen molar-refractivity contribution in [2.24, 2.45) is 0 Å². The average molecular weight is 384 g/mol. The molecule has 1 fully saturated rings. The minimum atomic E-state index is -2.77. The van der Waals surface area contributed by atoms with Crippen molar-refractivity contribution >= 4 is 51.6 Å². The van der Waals surface area contributed by atoms with E-state index in [0.717, 1.165) is 0 Å². The minimum absolute atomic E-state index is 2.77. The molecule has 108 valence electrons. The summed E-state index contributed by atoms with van der Waals surface area (Å²) in [5.41, 5.74) is 0. The molecule has 0 aliphatic carbocycles. The lowest BCUT2D eigenvalue weighted by Crippen LogP contribution is -1.91. The van der Waals surface area contributed by atoms with Crippen LogP contribution in [0.2, 0.25) is 0 Å². The van der Waals surface area contributed by atoms with Crippen LogP contribution < -0.4 is 0 Å². The second-order valence-corrected chi connectivity index (χ2v) is 8.69. The van der Waals surface area contributed by atoms with E-state index < -0.39 is 51.6 Å². The third kappa shape index (κ3) is 7.77. The molecule has 1 rings (SSSR count).